The van der Waals surface area contributed by atoms with Crippen LogP contribution in [0.4, 0.5) is 8.78 Å². The SMILES string of the molecule is O=C(OCCn1cccn1)C1CCN(C(=O)c2ccc(F)cc2F)CC1. The molecule has 0 saturated carbocycles. The lowest BCUT2D eigenvalue weighted by molar-refractivity contribution is -0.150. The average Bonchev–Trinajstić information content (AvgIpc) is 3.15. The summed E-state index contributed by atoms with van der Waals surface area (Å²) in [7, 11) is 0. The van der Waals surface area contributed by atoms with Gasteiger partial charge in [0.15, 0.2) is 0 Å². The highest BCUT2D eigenvalue weighted by Crippen LogP contribution is 2.21. The van der Waals surface area contributed by atoms with Gasteiger partial charge in [0.1, 0.15) is 18.2 Å². The molecule has 1 amide bonds. The molecular weight excluding hydrogens is 344 g/mol. The molecule has 26 heavy (non-hydrogen) atoms. The maximum atomic E-state index is 13.7. The predicted octanol–water partition coefficient (Wildman–Crippen LogP) is 2.26. The van der Waals surface area contributed by atoms with E-state index in [1.165, 1.54) is 4.90 Å². The van der Waals surface area contributed by atoms with Crippen LogP contribution in [0.2, 0.25) is 0 Å². The van der Waals surface area contributed by atoms with Gasteiger partial charge in [-0.1, -0.05) is 0 Å². The quantitative estimate of drug-likeness (QED) is 0.765. The van der Waals surface area contributed by atoms with Crippen LogP contribution >= 0.6 is 0 Å². The molecule has 2 heterocycles. The molecule has 0 bridgehead atoms. The van der Waals surface area contributed by atoms with Crippen molar-refractivity contribution in [1.82, 2.24) is 14.7 Å². The highest BCUT2D eigenvalue weighted by Gasteiger charge is 2.29. The largest absolute Gasteiger partial charge is 0.463 e. The summed E-state index contributed by atoms with van der Waals surface area (Å²) < 4.78 is 33.6. The smallest absolute Gasteiger partial charge is 0.309 e. The molecule has 2 aromatic rings. The maximum absolute atomic E-state index is 13.7. The van der Waals surface area contributed by atoms with Crippen LogP contribution in [0.5, 0.6) is 0 Å². The first-order valence-electron chi connectivity index (χ1n) is 8.43. The second kappa shape index (κ2) is 8.07. The summed E-state index contributed by atoms with van der Waals surface area (Å²) in [6, 6.07) is 4.68. The molecule has 0 spiro atoms. The van der Waals surface area contributed by atoms with Crippen molar-refractivity contribution in [3.8, 4) is 0 Å². The van der Waals surface area contributed by atoms with Gasteiger partial charge < -0.3 is 9.64 Å². The maximum Gasteiger partial charge on any atom is 0.309 e. The van der Waals surface area contributed by atoms with E-state index >= 15 is 0 Å². The third kappa shape index (κ3) is 4.25. The highest BCUT2D eigenvalue weighted by molar-refractivity contribution is 5.94. The number of amides is 1. The topological polar surface area (TPSA) is 64.4 Å². The van der Waals surface area contributed by atoms with Crippen LogP contribution in [-0.2, 0) is 16.1 Å². The molecular formula is C18H19F2N3O3. The van der Waals surface area contributed by atoms with Crippen LogP contribution in [0, 0.1) is 17.6 Å². The van der Waals surface area contributed by atoms with E-state index in [1.807, 2.05) is 0 Å². The van der Waals surface area contributed by atoms with Gasteiger partial charge in [-0.3, -0.25) is 14.3 Å². The lowest BCUT2D eigenvalue weighted by atomic mass is 9.96. The van der Waals surface area contributed by atoms with Gasteiger partial charge in [-0.25, -0.2) is 8.78 Å². The summed E-state index contributed by atoms with van der Waals surface area (Å²) in [6.07, 6.45) is 4.34. The summed E-state index contributed by atoms with van der Waals surface area (Å²) >= 11 is 0. The van der Waals surface area contributed by atoms with E-state index in [0.717, 1.165) is 12.1 Å². The molecule has 0 aliphatic carbocycles. The van der Waals surface area contributed by atoms with Crippen LogP contribution in [0.25, 0.3) is 0 Å². The van der Waals surface area contributed by atoms with E-state index in [1.54, 1.807) is 23.1 Å². The molecule has 1 aromatic carbocycles. The highest BCUT2D eigenvalue weighted by atomic mass is 19.1. The minimum atomic E-state index is -0.879. The van der Waals surface area contributed by atoms with Crippen molar-refractivity contribution >= 4 is 11.9 Å². The lowest BCUT2D eigenvalue weighted by Gasteiger charge is -2.31. The minimum Gasteiger partial charge on any atom is -0.463 e. The molecule has 6 nitrogen and oxygen atoms in total. The minimum absolute atomic E-state index is 0.161. The Morgan fingerprint density at radius 3 is 2.65 bits per heavy atom. The van der Waals surface area contributed by atoms with Gasteiger partial charge >= 0.3 is 5.97 Å². The molecule has 1 fully saturated rings. The molecule has 1 aliphatic heterocycles. The van der Waals surface area contributed by atoms with Gasteiger partial charge in [-0.05, 0) is 31.0 Å². The number of rotatable bonds is 5. The Kier molecular flexibility index (Phi) is 5.60. The van der Waals surface area contributed by atoms with E-state index in [0.29, 0.717) is 38.5 Å². The first-order chi connectivity index (χ1) is 12.5. The van der Waals surface area contributed by atoms with E-state index in [4.69, 9.17) is 4.74 Å². The number of carbonyl (C=O) groups is 2. The standard InChI is InChI=1S/C18H19F2N3O3/c19-14-2-3-15(16(20)12-14)17(24)22-8-4-13(5-9-22)18(25)26-11-10-23-7-1-6-21-23/h1-3,6-7,12-13H,4-5,8-11H2. The summed E-state index contributed by atoms with van der Waals surface area (Å²) in [6.45, 7) is 1.38. The van der Waals surface area contributed by atoms with Gasteiger partial charge in [0.25, 0.3) is 5.91 Å². The predicted molar refractivity (Wildman–Crippen MR) is 88.2 cm³/mol. The van der Waals surface area contributed by atoms with Crippen molar-refractivity contribution in [2.75, 3.05) is 19.7 Å². The third-order valence-electron chi connectivity index (χ3n) is 4.40. The Labute approximate surface area is 149 Å². The monoisotopic (exact) mass is 363 g/mol. The molecule has 1 aromatic heterocycles. The Balaban J connectivity index is 1.47. The zero-order valence-corrected chi connectivity index (χ0v) is 14.1. The molecule has 0 radical (unpaired) electrons. The van der Waals surface area contributed by atoms with Crippen LogP contribution in [-0.4, -0.2) is 46.3 Å². The molecule has 1 aliphatic rings. The van der Waals surface area contributed by atoms with Gasteiger partial charge in [-0.15, -0.1) is 0 Å². The van der Waals surface area contributed by atoms with E-state index < -0.39 is 17.5 Å². The number of esters is 1. The van der Waals surface area contributed by atoms with Gasteiger partial charge in [0, 0.05) is 31.5 Å². The van der Waals surface area contributed by atoms with E-state index in [-0.39, 0.29) is 24.1 Å². The van der Waals surface area contributed by atoms with E-state index in [2.05, 4.69) is 5.10 Å². The molecule has 8 heteroatoms. The summed E-state index contributed by atoms with van der Waals surface area (Å²) in [5.74, 6) is -2.68. The van der Waals surface area contributed by atoms with Crippen LogP contribution in [0.1, 0.15) is 23.2 Å². The number of halogens is 2. The zero-order chi connectivity index (χ0) is 18.5. The fourth-order valence-electron chi connectivity index (χ4n) is 2.94. The lowest BCUT2D eigenvalue weighted by Crippen LogP contribution is -2.41. The molecule has 3 rings (SSSR count). The number of carbonyl (C=O) groups excluding carboxylic acids is 2. The Morgan fingerprint density at radius 2 is 2.00 bits per heavy atom. The Hall–Kier alpha value is -2.77. The van der Waals surface area contributed by atoms with Crippen molar-refractivity contribution in [3.63, 3.8) is 0 Å². The van der Waals surface area contributed by atoms with Crippen molar-refractivity contribution < 1.29 is 23.1 Å². The van der Waals surface area contributed by atoms with Crippen molar-refractivity contribution in [2.45, 2.75) is 19.4 Å². The van der Waals surface area contributed by atoms with Crippen molar-refractivity contribution in [2.24, 2.45) is 5.92 Å². The molecule has 138 valence electrons. The number of benzene rings is 1. The normalized spacial score (nSPS) is 15.1. The van der Waals surface area contributed by atoms with E-state index in [9.17, 15) is 18.4 Å². The first-order valence-corrected chi connectivity index (χ1v) is 8.43. The molecule has 0 unspecified atom stereocenters. The number of aromatic nitrogens is 2. The number of piperidine rings is 1. The van der Waals surface area contributed by atoms with Crippen LogP contribution in [0.3, 0.4) is 0 Å². The average molecular weight is 363 g/mol. The van der Waals surface area contributed by atoms with Gasteiger partial charge in [0.05, 0.1) is 18.0 Å². The summed E-state index contributed by atoms with van der Waals surface area (Å²) in [4.78, 5) is 25.9. The Morgan fingerprint density at radius 1 is 1.23 bits per heavy atom. The number of nitrogens with zero attached hydrogens (tertiary/aromatic N) is 3. The first kappa shape index (κ1) is 18.0. The van der Waals surface area contributed by atoms with Crippen LogP contribution in [0.15, 0.2) is 36.7 Å². The molecule has 0 atom stereocenters. The van der Waals surface area contributed by atoms with Crippen molar-refractivity contribution in [3.05, 3.63) is 53.9 Å². The fourth-order valence-corrected chi connectivity index (χ4v) is 2.94. The molecule has 0 N–H and O–H groups in total. The van der Waals surface area contributed by atoms with Crippen LogP contribution < -0.4 is 0 Å². The second-order valence-electron chi connectivity index (χ2n) is 6.13. The zero-order valence-electron chi connectivity index (χ0n) is 14.1. The summed E-state index contributed by atoms with van der Waals surface area (Å²) in [5, 5.41) is 4.02. The second-order valence-corrected chi connectivity index (χ2v) is 6.13. The molecule has 1 saturated heterocycles. The number of hydrogen-bond acceptors (Lipinski definition) is 4. The number of hydrogen-bond donors (Lipinski definition) is 0. The van der Waals surface area contributed by atoms with Gasteiger partial charge in [-0.2, -0.15) is 5.10 Å². The summed E-state index contributed by atoms with van der Waals surface area (Å²) in [5.41, 5.74) is -0.161. The Bertz CT molecular complexity index is 772. The number of likely N-dealkylation sites (tertiary alicyclic amines) is 1. The number of ether oxygens (including phenoxy) is 1. The van der Waals surface area contributed by atoms with Gasteiger partial charge in [0.2, 0.25) is 0 Å². The third-order valence-corrected chi connectivity index (χ3v) is 4.40. The fraction of sp³-hybridized carbons (Fsp3) is 0.389. The van der Waals surface area contributed by atoms with Crippen molar-refractivity contribution in [1.29, 1.82) is 0 Å².